The number of hydrogen-bond donors (Lipinski definition) is 0. The van der Waals surface area contributed by atoms with E-state index in [9.17, 15) is 4.79 Å². The van der Waals surface area contributed by atoms with E-state index in [1.54, 1.807) is 0 Å². The fourth-order valence-corrected chi connectivity index (χ4v) is 0.663. The molecule has 0 saturated heterocycles. The van der Waals surface area contributed by atoms with Gasteiger partial charge in [0.15, 0.2) is 0 Å². The van der Waals surface area contributed by atoms with Crippen LogP contribution < -0.4 is 0 Å². The minimum Gasteiger partial charge on any atom is -0.460 e. The summed E-state index contributed by atoms with van der Waals surface area (Å²) in [5.41, 5.74) is -0.344. The average Bonchev–Trinajstić information content (AvgIpc) is 1.87. The Morgan fingerprint density at radius 3 is 2.45 bits per heavy atom. The molecule has 0 bridgehead atoms. The molecule has 0 saturated carbocycles. The SMILES string of the molecule is CCC(C)(C)OC(=O)CCCl. The van der Waals surface area contributed by atoms with Gasteiger partial charge in [-0.1, -0.05) is 6.92 Å². The van der Waals surface area contributed by atoms with Crippen molar-refractivity contribution in [1.29, 1.82) is 0 Å². The number of carbonyl (C=O) groups is 1. The molecule has 0 aromatic carbocycles. The molecule has 2 nitrogen and oxygen atoms in total. The van der Waals surface area contributed by atoms with Gasteiger partial charge in [0.25, 0.3) is 0 Å². The number of halogens is 1. The summed E-state index contributed by atoms with van der Waals surface area (Å²) in [6, 6.07) is 0. The van der Waals surface area contributed by atoms with Gasteiger partial charge in [0, 0.05) is 5.88 Å². The van der Waals surface area contributed by atoms with Crippen molar-refractivity contribution in [2.45, 2.75) is 39.2 Å². The van der Waals surface area contributed by atoms with E-state index in [1.165, 1.54) is 0 Å². The van der Waals surface area contributed by atoms with E-state index >= 15 is 0 Å². The monoisotopic (exact) mass is 178 g/mol. The van der Waals surface area contributed by atoms with Gasteiger partial charge in [-0.25, -0.2) is 0 Å². The van der Waals surface area contributed by atoms with Crippen molar-refractivity contribution < 1.29 is 9.53 Å². The van der Waals surface area contributed by atoms with Crippen molar-refractivity contribution in [3.8, 4) is 0 Å². The lowest BCUT2D eigenvalue weighted by molar-refractivity contribution is -0.156. The zero-order chi connectivity index (χ0) is 8.91. The number of esters is 1. The molecule has 0 unspecified atom stereocenters. The van der Waals surface area contributed by atoms with Gasteiger partial charge in [-0.3, -0.25) is 4.79 Å². The number of carbonyl (C=O) groups excluding carboxylic acids is 1. The van der Waals surface area contributed by atoms with Crippen molar-refractivity contribution in [1.82, 2.24) is 0 Å². The van der Waals surface area contributed by atoms with E-state index < -0.39 is 0 Å². The molecule has 0 amide bonds. The lowest BCUT2D eigenvalue weighted by atomic mass is 10.1. The molecule has 0 rings (SSSR count). The second-order valence-corrected chi connectivity index (χ2v) is 3.40. The summed E-state index contributed by atoms with van der Waals surface area (Å²) in [6.45, 7) is 5.76. The van der Waals surface area contributed by atoms with E-state index in [0.29, 0.717) is 12.3 Å². The molecule has 0 atom stereocenters. The van der Waals surface area contributed by atoms with Gasteiger partial charge in [-0.2, -0.15) is 0 Å². The molecule has 3 heteroatoms. The summed E-state index contributed by atoms with van der Waals surface area (Å²) in [5.74, 6) is 0.116. The highest BCUT2D eigenvalue weighted by molar-refractivity contribution is 6.18. The highest BCUT2D eigenvalue weighted by Crippen LogP contribution is 2.14. The molecule has 0 heterocycles. The molecule has 0 aliphatic rings. The van der Waals surface area contributed by atoms with Crippen molar-refractivity contribution >= 4 is 17.6 Å². The quantitative estimate of drug-likeness (QED) is 0.488. The van der Waals surface area contributed by atoms with Gasteiger partial charge < -0.3 is 4.74 Å². The first-order chi connectivity index (χ1) is 5.02. The van der Waals surface area contributed by atoms with Crippen LogP contribution in [0.25, 0.3) is 0 Å². The lowest BCUT2D eigenvalue weighted by Gasteiger charge is -2.22. The molecule has 0 radical (unpaired) electrons. The van der Waals surface area contributed by atoms with Gasteiger partial charge in [-0.05, 0) is 20.3 Å². The van der Waals surface area contributed by atoms with Gasteiger partial charge in [0.05, 0.1) is 6.42 Å². The minimum absolute atomic E-state index is 0.216. The van der Waals surface area contributed by atoms with Gasteiger partial charge in [0.1, 0.15) is 5.60 Å². The molecule has 0 N–H and O–H groups in total. The summed E-state index contributed by atoms with van der Waals surface area (Å²) in [6.07, 6.45) is 1.12. The van der Waals surface area contributed by atoms with Crippen molar-refractivity contribution in [3.05, 3.63) is 0 Å². The van der Waals surface area contributed by atoms with Crippen LogP contribution >= 0.6 is 11.6 Å². The maximum atomic E-state index is 10.9. The Hall–Kier alpha value is -0.240. The number of rotatable bonds is 4. The zero-order valence-corrected chi connectivity index (χ0v) is 8.07. The fraction of sp³-hybridized carbons (Fsp3) is 0.875. The Labute approximate surface area is 72.9 Å². The molecule has 0 fully saturated rings. The van der Waals surface area contributed by atoms with Crippen LogP contribution in [0.1, 0.15) is 33.6 Å². The third-order valence-corrected chi connectivity index (χ3v) is 1.73. The van der Waals surface area contributed by atoms with Gasteiger partial charge in [-0.15, -0.1) is 11.6 Å². The van der Waals surface area contributed by atoms with Crippen LogP contribution in [0.5, 0.6) is 0 Å². The summed E-state index contributed by atoms with van der Waals surface area (Å²) >= 11 is 5.37. The molecule has 0 spiro atoms. The molecule has 0 aliphatic carbocycles. The predicted molar refractivity (Wildman–Crippen MR) is 45.8 cm³/mol. The highest BCUT2D eigenvalue weighted by atomic mass is 35.5. The average molecular weight is 179 g/mol. The number of hydrogen-bond acceptors (Lipinski definition) is 2. The lowest BCUT2D eigenvalue weighted by Crippen LogP contribution is -2.27. The molecule has 66 valence electrons. The standard InChI is InChI=1S/C8H15ClO2/c1-4-8(2,3)11-7(10)5-6-9/h4-6H2,1-3H3. The van der Waals surface area contributed by atoms with E-state index in [0.717, 1.165) is 6.42 Å². The zero-order valence-electron chi connectivity index (χ0n) is 7.32. The summed E-state index contributed by atoms with van der Waals surface area (Å²) < 4.78 is 5.10. The number of ether oxygens (including phenoxy) is 1. The third-order valence-electron chi connectivity index (χ3n) is 1.54. The van der Waals surface area contributed by atoms with Crippen molar-refractivity contribution in [2.75, 3.05) is 5.88 Å². The second-order valence-electron chi connectivity index (χ2n) is 3.03. The Morgan fingerprint density at radius 2 is 2.09 bits per heavy atom. The van der Waals surface area contributed by atoms with Crippen LogP contribution in [-0.2, 0) is 9.53 Å². The first-order valence-corrected chi connectivity index (χ1v) is 4.33. The van der Waals surface area contributed by atoms with Gasteiger partial charge >= 0.3 is 5.97 Å². The van der Waals surface area contributed by atoms with E-state index in [1.807, 2.05) is 20.8 Å². The van der Waals surface area contributed by atoms with Crippen LogP contribution in [0.2, 0.25) is 0 Å². The Kier molecular flexibility index (Phi) is 4.50. The Morgan fingerprint density at radius 1 is 1.55 bits per heavy atom. The summed E-state index contributed by atoms with van der Waals surface area (Å²) in [4.78, 5) is 10.9. The normalized spacial score (nSPS) is 11.3. The van der Waals surface area contributed by atoms with E-state index in [4.69, 9.17) is 16.3 Å². The van der Waals surface area contributed by atoms with Crippen molar-refractivity contribution in [2.24, 2.45) is 0 Å². The van der Waals surface area contributed by atoms with Crippen LogP contribution in [0.15, 0.2) is 0 Å². The van der Waals surface area contributed by atoms with Crippen LogP contribution in [-0.4, -0.2) is 17.5 Å². The van der Waals surface area contributed by atoms with E-state index in [2.05, 4.69) is 0 Å². The van der Waals surface area contributed by atoms with Gasteiger partial charge in [0.2, 0.25) is 0 Å². The third kappa shape index (κ3) is 5.08. The second kappa shape index (κ2) is 4.60. The Bertz CT molecular complexity index is 132. The molecular formula is C8H15ClO2. The van der Waals surface area contributed by atoms with Crippen molar-refractivity contribution in [3.63, 3.8) is 0 Å². The van der Waals surface area contributed by atoms with Crippen LogP contribution in [0, 0.1) is 0 Å². The Balaban J connectivity index is 3.74. The van der Waals surface area contributed by atoms with E-state index in [-0.39, 0.29) is 11.6 Å². The molecule has 0 aromatic rings. The molecule has 11 heavy (non-hydrogen) atoms. The smallest absolute Gasteiger partial charge is 0.307 e. The maximum Gasteiger partial charge on any atom is 0.307 e. The molecule has 0 aromatic heterocycles. The molecule has 0 aliphatic heterocycles. The van der Waals surface area contributed by atoms with Crippen LogP contribution in [0.3, 0.4) is 0 Å². The minimum atomic E-state index is -0.344. The van der Waals surface area contributed by atoms with Crippen LogP contribution in [0.4, 0.5) is 0 Å². The maximum absolute atomic E-state index is 10.9. The highest BCUT2D eigenvalue weighted by Gasteiger charge is 2.19. The predicted octanol–water partition coefficient (Wildman–Crippen LogP) is 2.35. The molecular weight excluding hydrogens is 164 g/mol. The number of alkyl halides is 1. The summed E-state index contributed by atoms with van der Waals surface area (Å²) in [5, 5.41) is 0. The summed E-state index contributed by atoms with van der Waals surface area (Å²) in [7, 11) is 0. The fourth-order valence-electron chi connectivity index (χ4n) is 0.509. The largest absolute Gasteiger partial charge is 0.460 e. The first kappa shape index (κ1) is 10.8. The first-order valence-electron chi connectivity index (χ1n) is 3.79. The topological polar surface area (TPSA) is 26.3 Å².